The van der Waals surface area contributed by atoms with Crippen molar-refractivity contribution in [1.29, 1.82) is 0 Å². The lowest BCUT2D eigenvalue weighted by atomic mass is 10.0. The number of carbonyl (C=O) groups excluding carboxylic acids is 2. The Morgan fingerprint density at radius 1 is 1.03 bits per heavy atom. The van der Waals surface area contributed by atoms with Crippen molar-refractivity contribution in [1.82, 2.24) is 25.2 Å². The molecule has 0 radical (unpaired) electrons. The second-order valence-corrected chi connectivity index (χ2v) is 8.30. The van der Waals surface area contributed by atoms with Gasteiger partial charge in [0.25, 0.3) is 5.91 Å². The third kappa shape index (κ3) is 4.41. The zero-order valence-electron chi connectivity index (χ0n) is 17.5. The van der Waals surface area contributed by atoms with Crippen LogP contribution in [0, 0.1) is 11.8 Å². The number of likely N-dealkylation sites (tertiary alicyclic amines) is 2. The molecule has 2 amide bonds. The Bertz CT molecular complexity index is 1200. The monoisotopic (exact) mass is 453 g/mol. The molecule has 0 unspecified atom stereocenters. The molecule has 1 aromatic heterocycles. The van der Waals surface area contributed by atoms with Gasteiger partial charge in [0.1, 0.15) is 11.3 Å². The van der Waals surface area contributed by atoms with Crippen molar-refractivity contribution in [3.05, 3.63) is 59.7 Å². The van der Waals surface area contributed by atoms with Gasteiger partial charge in [0, 0.05) is 49.7 Å². The van der Waals surface area contributed by atoms with Gasteiger partial charge in [-0.25, -0.2) is 0 Å². The minimum Gasteiger partial charge on any atom is -0.435 e. The van der Waals surface area contributed by atoms with Gasteiger partial charge < -0.3 is 14.5 Å². The molecule has 0 aliphatic carbocycles. The molecule has 0 bridgehead atoms. The number of rotatable bonds is 5. The van der Waals surface area contributed by atoms with Gasteiger partial charge in [-0.15, -0.1) is 5.10 Å². The maximum Gasteiger partial charge on any atom is 0.387 e. The third-order valence-electron chi connectivity index (χ3n) is 6.18. The van der Waals surface area contributed by atoms with E-state index in [4.69, 9.17) is 0 Å². The average Bonchev–Trinajstić information content (AvgIpc) is 3.51. The number of nitrogens with one attached hydrogen (secondary N) is 1. The van der Waals surface area contributed by atoms with Crippen molar-refractivity contribution in [3.63, 3.8) is 0 Å². The molecule has 170 valence electrons. The Morgan fingerprint density at radius 2 is 1.73 bits per heavy atom. The normalized spacial score (nSPS) is 20.2. The Labute approximate surface area is 187 Å². The first-order chi connectivity index (χ1) is 16.0. The molecule has 2 aromatic carbocycles. The SMILES string of the molecule is O=C(C=Cc1ccc(OC(F)F)cc1)N1C[C@@H]2CN(C(=O)c3ccc4[nH]nnc4c3)C[C@H]2C1. The Balaban J connectivity index is 1.16. The number of fused-ring (bicyclic) bond motifs is 2. The molecule has 10 heteroatoms. The van der Waals surface area contributed by atoms with Crippen LogP contribution < -0.4 is 4.74 Å². The highest BCUT2D eigenvalue weighted by atomic mass is 19.3. The van der Waals surface area contributed by atoms with Crippen LogP contribution in [0.15, 0.2) is 48.5 Å². The van der Waals surface area contributed by atoms with Crippen molar-refractivity contribution in [2.75, 3.05) is 26.2 Å². The molecule has 2 aliphatic heterocycles. The van der Waals surface area contributed by atoms with Crippen LogP contribution in [0.4, 0.5) is 8.78 Å². The number of aromatic nitrogens is 3. The van der Waals surface area contributed by atoms with Crippen LogP contribution in [0.25, 0.3) is 17.1 Å². The zero-order valence-corrected chi connectivity index (χ0v) is 17.5. The van der Waals surface area contributed by atoms with Crippen LogP contribution in [0.5, 0.6) is 5.75 Å². The van der Waals surface area contributed by atoms with Crippen molar-refractivity contribution in [2.45, 2.75) is 6.61 Å². The molecule has 3 heterocycles. The summed E-state index contributed by atoms with van der Waals surface area (Å²) in [5.74, 6) is 0.416. The maximum absolute atomic E-state index is 12.9. The summed E-state index contributed by atoms with van der Waals surface area (Å²) in [5, 5.41) is 10.5. The van der Waals surface area contributed by atoms with Crippen LogP contribution in [-0.4, -0.2) is 69.8 Å². The first-order valence-electron chi connectivity index (χ1n) is 10.6. The van der Waals surface area contributed by atoms with E-state index in [-0.39, 0.29) is 29.4 Å². The van der Waals surface area contributed by atoms with Crippen LogP contribution in [0.1, 0.15) is 15.9 Å². The smallest absolute Gasteiger partial charge is 0.387 e. The third-order valence-corrected chi connectivity index (χ3v) is 6.18. The van der Waals surface area contributed by atoms with Gasteiger partial charge in [-0.2, -0.15) is 8.78 Å². The van der Waals surface area contributed by atoms with E-state index in [0.717, 1.165) is 5.52 Å². The average molecular weight is 453 g/mol. The van der Waals surface area contributed by atoms with Gasteiger partial charge in [-0.1, -0.05) is 17.3 Å². The fourth-order valence-electron chi connectivity index (χ4n) is 4.53. The minimum absolute atomic E-state index is 0.0358. The number of benzene rings is 2. The second kappa shape index (κ2) is 8.61. The van der Waals surface area contributed by atoms with Crippen molar-refractivity contribution >= 4 is 28.9 Å². The number of H-pyrrole nitrogens is 1. The Hall–Kier alpha value is -3.82. The van der Waals surface area contributed by atoms with Crippen molar-refractivity contribution in [3.8, 4) is 5.75 Å². The molecule has 3 aromatic rings. The van der Waals surface area contributed by atoms with Crippen molar-refractivity contribution < 1.29 is 23.1 Å². The predicted molar refractivity (Wildman–Crippen MR) is 115 cm³/mol. The molecule has 2 saturated heterocycles. The second-order valence-electron chi connectivity index (χ2n) is 8.30. The molecule has 5 rings (SSSR count). The standard InChI is InChI=1S/C23H21F2N5O3/c24-23(25)33-18-5-1-14(2-6-18)3-8-21(31)29-10-16-12-30(13-17(16)11-29)22(32)15-4-7-19-20(9-15)27-28-26-19/h1-9,16-17,23H,10-13H2,(H,26,27,28)/t16-,17-/m1/s1. The van der Waals surface area contributed by atoms with Crippen LogP contribution >= 0.6 is 0 Å². The number of carbonyl (C=O) groups is 2. The summed E-state index contributed by atoms with van der Waals surface area (Å²) in [6, 6.07) is 11.4. The molecular formula is C23H21F2N5O3. The van der Waals surface area contributed by atoms with E-state index < -0.39 is 6.61 Å². The largest absolute Gasteiger partial charge is 0.435 e. The molecule has 0 saturated carbocycles. The Kier molecular flexibility index (Phi) is 5.49. The molecule has 2 aliphatic rings. The number of alkyl halides is 2. The highest BCUT2D eigenvalue weighted by Gasteiger charge is 2.42. The quantitative estimate of drug-likeness (QED) is 0.600. The highest BCUT2D eigenvalue weighted by molar-refractivity contribution is 5.97. The first kappa shape index (κ1) is 21.0. The molecule has 0 spiro atoms. The lowest BCUT2D eigenvalue weighted by Gasteiger charge is -2.21. The fraction of sp³-hybridized carbons (Fsp3) is 0.304. The Morgan fingerprint density at radius 3 is 2.42 bits per heavy atom. The minimum atomic E-state index is -2.87. The summed E-state index contributed by atoms with van der Waals surface area (Å²) in [7, 11) is 0. The molecule has 2 atom stereocenters. The van der Waals surface area contributed by atoms with E-state index in [1.165, 1.54) is 18.2 Å². The van der Waals surface area contributed by atoms with Crippen LogP contribution in [0.3, 0.4) is 0 Å². The van der Waals surface area contributed by atoms with Gasteiger partial charge in [-0.3, -0.25) is 14.7 Å². The van der Waals surface area contributed by atoms with E-state index in [9.17, 15) is 18.4 Å². The van der Waals surface area contributed by atoms with Gasteiger partial charge >= 0.3 is 6.61 Å². The summed E-state index contributed by atoms with van der Waals surface area (Å²) < 4.78 is 28.8. The number of ether oxygens (including phenoxy) is 1. The molecule has 1 N–H and O–H groups in total. The number of nitrogens with zero attached hydrogens (tertiary/aromatic N) is 4. The highest BCUT2D eigenvalue weighted by Crippen LogP contribution is 2.32. The van der Waals surface area contributed by atoms with Crippen LogP contribution in [0.2, 0.25) is 0 Å². The molecular weight excluding hydrogens is 432 g/mol. The molecule has 33 heavy (non-hydrogen) atoms. The van der Waals surface area contributed by atoms with E-state index in [0.29, 0.717) is 42.8 Å². The van der Waals surface area contributed by atoms with Crippen molar-refractivity contribution in [2.24, 2.45) is 11.8 Å². The number of halogens is 2. The number of hydrogen-bond acceptors (Lipinski definition) is 5. The lowest BCUT2D eigenvalue weighted by Crippen LogP contribution is -2.35. The van der Waals surface area contributed by atoms with E-state index in [1.54, 1.807) is 41.3 Å². The van der Waals surface area contributed by atoms with E-state index in [1.807, 2.05) is 4.90 Å². The van der Waals surface area contributed by atoms with Crippen LogP contribution in [-0.2, 0) is 4.79 Å². The summed E-state index contributed by atoms with van der Waals surface area (Å²) in [6.45, 7) is -0.452. The van der Waals surface area contributed by atoms with Gasteiger partial charge in [-0.05, 0) is 42.0 Å². The fourth-order valence-corrected chi connectivity index (χ4v) is 4.53. The number of amides is 2. The summed E-state index contributed by atoms with van der Waals surface area (Å²) >= 11 is 0. The number of aromatic amines is 1. The van der Waals surface area contributed by atoms with Gasteiger partial charge in [0.05, 0.1) is 5.52 Å². The summed E-state index contributed by atoms with van der Waals surface area (Å²) in [5.41, 5.74) is 2.73. The number of hydrogen-bond donors (Lipinski definition) is 1. The van der Waals surface area contributed by atoms with Gasteiger partial charge in [0.15, 0.2) is 0 Å². The van der Waals surface area contributed by atoms with E-state index >= 15 is 0 Å². The summed E-state index contributed by atoms with van der Waals surface area (Å²) in [4.78, 5) is 29.2. The molecule has 8 nitrogen and oxygen atoms in total. The van der Waals surface area contributed by atoms with E-state index in [2.05, 4.69) is 20.1 Å². The zero-order chi connectivity index (χ0) is 22.9. The van der Waals surface area contributed by atoms with Gasteiger partial charge in [0.2, 0.25) is 5.91 Å². The topological polar surface area (TPSA) is 91.4 Å². The predicted octanol–water partition coefficient (Wildman–Crippen LogP) is 2.80. The maximum atomic E-state index is 12.9. The summed E-state index contributed by atoms with van der Waals surface area (Å²) in [6.07, 6.45) is 3.14. The molecule has 2 fully saturated rings. The first-order valence-corrected chi connectivity index (χ1v) is 10.6. The lowest BCUT2D eigenvalue weighted by molar-refractivity contribution is -0.125.